The van der Waals surface area contributed by atoms with E-state index in [0.717, 1.165) is 31.5 Å². The van der Waals surface area contributed by atoms with E-state index in [4.69, 9.17) is 5.73 Å². The molecular formula is C13H29N3. The van der Waals surface area contributed by atoms with Crippen molar-refractivity contribution in [3.8, 4) is 0 Å². The second kappa shape index (κ2) is 6.58. The van der Waals surface area contributed by atoms with Crippen LogP contribution in [0.2, 0.25) is 0 Å². The van der Waals surface area contributed by atoms with E-state index in [1.165, 1.54) is 19.4 Å². The molecule has 0 aromatic heterocycles. The van der Waals surface area contributed by atoms with E-state index >= 15 is 0 Å². The third kappa shape index (κ3) is 5.83. The van der Waals surface area contributed by atoms with Gasteiger partial charge in [0.1, 0.15) is 0 Å². The molecule has 1 saturated carbocycles. The minimum absolute atomic E-state index is 0.404. The zero-order valence-electron chi connectivity index (χ0n) is 11.4. The van der Waals surface area contributed by atoms with Crippen LogP contribution in [-0.4, -0.2) is 56.1 Å². The summed E-state index contributed by atoms with van der Waals surface area (Å²) in [6.45, 7) is 9.09. The monoisotopic (exact) mass is 227 g/mol. The first kappa shape index (κ1) is 13.9. The second-order valence-electron chi connectivity index (χ2n) is 5.96. The van der Waals surface area contributed by atoms with E-state index < -0.39 is 0 Å². The highest BCUT2D eigenvalue weighted by molar-refractivity contribution is 4.86. The highest BCUT2D eigenvalue weighted by atomic mass is 15.2. The van der Waals surface area contributed by atoms with E-state index in [0.29, 0.717) is 6.04 Å². The van der Waals surface area contributed by atoms with Gasteiger partial charge in [-0.1, -0.05) is 13.8 Å². The Hall–Kier alpha value is -0.120. The maximum Gasteiger partial charge on any atom is 0.0196 e. The van der Waals surface area contributed by atoms with Gasteiger partial charge in [-0.05, 0) is 38.8 Å². The van der Waals surface area contributed by atoms with E-state index in [1.807, 2.05) is 0 Å². The fourth-order valence-electron chi connectivity index (χ4n) is 2.09. The van der Waals surface area contributed by atoms with Crippen molar-refractivity contribution in [1.82, 2.24) is 9.80 Å². The van der Waals surface area contributed by atoms with Gasteiger partial charge >= 0.3 is 0 Å². The van der Waals surface area contributed by atoms with Crippen LogP contribution in [0.15, 0.2) is 0 Å². The lowest BCUT2D eigenvalue weighted by molar-refractivity contribution is 0.203. The fourth-order valence-corrected chi connectivity index (χ4v) is 2.09. The fraction of sp³-hybridized carbons (Fsp3) is 1.00. The molecule has 2 N–H and O–H groups in total. The Balaban J connectivity index is 2.29. The van der Waals surface area contributed by atoms with Crippen molar-refractivity contribution in [2.45, 2.75) is 32.7 Å². The molecule has 3 heteroatoms. The predicted molar refractivity (Wildman–Crippen MR) is 70.5 cm³/mol. The number of nitrogens with two attached hydrogens (primary N) is 1. The van der Waals surface area contributed by atoms with E-state index in [9.17, 15) is 0 Å². The molecule has 1 aliphatic carbocycles. The number of rotatable bonds is 8. The summed E-state index contributed by atoms with van der Waals surface area (Å²) >= 11 is 0. The van der Waals surface area contributed by atoms with Gasteiger partial charge in [-0.3, -0.25) is 0 Å². The van der Waals surface area contributed by atoms with E-state index in [-0.39, 0.29) is 0 Å². The van der Waals surface area contributed by atoms with Crippen molar-refractivity contribution in [2.75, 3.05) is 40.3 Å². The van der Waals surface area contributed by atoms with Gasteiger partial charge in [-0.2, -0.15) is 0 Å². The first-order valence-electron chi connectivity index (χ1n) is 6.61. The van der Waals surface area contributed by atoms with Gasteiger partial charge in [0, 0.05) is 32.2 Å². The van der Waals surface area contributed by atoms with E-state index in [2.05, 4.69) is 37.7 Å². The molecular weight excluding hydrogens is 198 g/mol. The highest BCUT2D eigenvalue weighted by Crippen LogP contribution is 2.31. The Kier molecular flexibility index (Phi) is 5.73. The summed E-state index contributed by atoms with van der Waals surface area (Å²) in [5.41, 5.74) is 6.21. The molecule has 0 spiro atoms. The van der Waals surface area contributed by atoms with Crippen LogP contribution in [0.3, 0.4) is 0 Å². The SMILES string of the molecule is CC(C)CN(CCN(C)C)CC(N)C1CC1. The van der Waals surface area contributed by atoms with Crippen LogP contribution >= 0.6 is 0 Å². The molecule has 3 nitrogen and oxygen atoms in total. The topological polar surface area (TPSA) is 32.5 Å². The summed E-state index contributed by atoms with van der Waals surface area (Å²) in [7, 11) is 4.27. The molecule has 0 aromatic rings. The van der Waals surface area contributed by atoms with Gasteiger partial charge in [0.15, 0.2) is 0 Å². The highest BCUT2D eigenvalue weighted by Gasteiger charge is 2.29. The third-order valence-electron chi connectivity index (χ3n) is 3.18. The number of nitrogens with zero attached hydrogens (tertiary/aromatic N) is 2. The Morgan fingerprint density at radius 1 is 1.12 bits per heavy atom. The summed E-state index contributed by atoms with van der Waals surface area (Å²) < 4.78 is 0. The van der Waals surface area contributed by atoms with Gasteiger partial charge in [0.2, 0.25) is 0 Å². The minimum Gasteiger partial charge on any atom is -0.326 e. The Bertz CT molecular complexity index is 188. The first-order valence-corrected chi connectivity index (χ1v) is 6.61. The van der Waals surface area contributed by atoms with Crippen molar-refractivity contribution >= 4 is 0 Å². The average molecular weight is 227 g/mol. The molecule has 1 atom stereocenters. The van der Waals surface area contributed by atoms with Crippen LogP contribution in [0.25, 0.3) is 0 Å². The molecule has 0 amide bonds. The van der Waals surface area contributed by atoms with Crippen LogP contribution < -0.4 is 5.73 Å². The Labute approximate surface area is 101 Å². The lowest BCUT2D eigenvalue weighted by Crippen LogP contribution is -2.43. The van der Waals surface area contributed by atoms with Crippen LogP contribution in [0.5, 0.6) is 0 Å². The molecule has 16 heavy (non-hydrogen) atoms. The average Bonchev–Trinajstić information content (AvgIpc) is 2.95. The normalized spacial score (nSPS) is 18.8. The number of likely N-dealkylation sites (N-methyl/N-ethyl adjacent to an activating group) is 1. The lowest BCUT2D eigenvalue weighted by Gasteiger charge is -2.28. The second-order valence-corrected chi connectivity index (χ2v) is 5.96. The third-order valence-corrected chi connectivity index (χ3v) is 3.18. The molecule has 0 bridgehead atoms. The molecule has 0 saturated heterocycles. The smallest absolute Gasteiger partial charge is 0.0196 e. The van der Waals surface area contributed by atoms with Crippen molar-refractivity contribution in [3.05, 3.63) is 0 Å². The molecule has 0 radical (unpaired) electrons. The van der Waals surface area contributed by atoms with Crippen molar-refractivity contribution in [3.63, 3.8) is 0 Å². The molecule has 1 aliphatic rings. The van der Waals surface area contributed by atoms with E-state index in [1.54, 1.807) is 0 Å². The summed E-state index contributed by atoms with van der Waals surface area (Å²) in [6, 6.07) is 0.404. The molecule has 0 aromatic carbocycles. The van der Waals surface area contributed by atoms with Crippen molar-refractivity contribution in [1.29, 1.82) is 0 Å². The summed E-state index contributed by atoms with van der Waals surface area (Å²) in [6.07, 6.45) is 2.70. The van der Waals surface area contributed by atoms with Crippen molar-refractivity contribution in [2.24, 2.45) is 17.6 Å². The van der Waals surface area contributed by atoms with Gasteiger partial charge in [0.25, 0.3) is 0 Å². The summed E-state index contributed by atoms with van der Waals surface area (Å²) in [4.78, 5) is 4.78. The maximum atomic E-state index is 6.21. The number of hydrogen-bond donors (Lipinski definition) is 1. The molecule has 0 aliphatic heterocycles. The van der Waals surface area contributed by atoms with Gasteiger partial charge in [0.05, 0.1) is 0 Å². The number of hydrogen-bond acceptors (Lipinski definition) is 3. The molecule has 1 fully saturated rings. The lowest BCUT2D eigenvalue weighted by atomic mass is 10.1. The standard InChI is InChI=1S/C13H29N3/c1-11(2)9-16(8-7-15(3)4)10-13(14)12-5-6-12/h11-13H,5-10,14H2,1-4H3. The minimum atomic E-state index is 0.404. The summed E-state index contributed by atoms with van der Waals surface area (Å²) in [5.74, 6) is 1.54. The van der Waals surface area contributed by atoms with Crippen LogP contribution in [-0.2, 0) is 0 Å². The molecule has 0 heterocycles. The first-order chi connectivity index (χ1) is 7.49. The molecule has 1 unspecified atom stereocenters. The molecule has 96 valence electrons. The summed E-state index contributed by atoms with van der Waals surface area (Å²) in [5, 5.41) is 0. The maximum absolute atomic E-state index is 6.21. The van der Waals surface area contributed by atoms with Gasteiger partial charge in [-0.25, -0.2) is 0 Å². The van der Waals surface area contributed by atoms with Gasteiger partial charge in [-0.15, -0.1) is 0 Å². The predicted octanol–water partition coefficient (Wildman–Crippen LogP) is 1.24. The van der Waals surface area contributed by atoms with Crippen LogP contribution in [0.4, 0.5) is 0 Å². The largest absolute Gasteiger partial charge is 0.326 e. The van der Waals surface area contributed by atoms with Crippen molar-refractivity contribution < 1.29 is 0 Å². The van der Waals surface area contributed by atoms with Gasteiger partial charge < -0.3 is 15.5 Å². The zero-order chi connectivity index (χ0) is 12.1. The van der Waals surface area contributed by atoms with Crippen LogP contribution in [0, 0.1) is 11.8 Å². The van der Waals surface area contributed by atoms with Crippen LogP contribution in [0.1, 0.15) is 26.7 Å². The molecule has 1 rings (SSSR count). The Morgan fingerprint density at radius 3 is 2.19 bits per heavy atom. The quantitative estimate of drug-likeness (QED) is 0.677. The zero-order valence-corrected chi connectivity index (χ0v) is 11.4. The Morgan fingerprint density at radius 2 is 1.75 bits per heavy atom.